The first-order chi connectivity index (χ1) is 13.7. The molecular weight excluding hydrogens is 400 g/mol. The summed E-state index contributed by atoms with van der Waals surface area (Å²) in [5.74, 6) is -2.06. The number of carbonyl (C=O) groups excluding carboxylic acids is 5. The van der Waals surface area contributed by atoms with Gasteiger partial charge in [-0.05, 0) is 18.4 Å². The molecule has 0 aliphatic rings. The van der Waals surface area contributed by atoms with E-state index in [0.717, 1.165) is 0 Å². The summed E-state index contributed by atoms with van der Waals surface area (Å²) in [5.41, 5.74) is 0. The Morgan fingerprint density at radius 1 is 0.931 bits per heavy atom. The van der Waals surface area contributed by atoms with Gasteiger partial charge in [0.15, 0.2) is 0 Å². The van der Waals surface area contributed by atoms with Gasteiger partial charge in [-0.15, -0.1) is 13.2 Å². The van der Waals surface area contributed by atoms with Gasteiger partial charge in [-0.25, -0.2) is 0 Å². The van der Waals surface area contributed by atoms with Crippen LogP contribution in [0.5, 0.6) is 0 Å². The quantitative estimate of drug-likeness (QED) is 0.250. The van der Waals surface area contributed by atoms with E-state index >= 15 is 0 Å². The molecule has 10 nitrogen and oxygen atoms in total. The smallest absolute Gasteiger partial charge is 0.325 e. The van der Waals surface area contributed by atoms with Gasteiger partial charge in [0.25, 0.3) is 0 Å². The molecule has 4 amide bonds. The molecule has 0 aliphatic carbocycles. The largest absolute Gasteiger partial charge is 0.468 e. The van der Waals surface area contributed by atoms with Crippen LogP contribution in [0.3, 0.4) is 0 Å². The average Bonchev–Trinajstić information content (AvgIpc) is 2.72. The first-order valence-electron chi connectivity index (χ1n) is 8.88. The number of esters is 1. The van der Waals surface area contributed by atoms with Gasteiger partial charge >= 0.3 is 5.97 Å². The van der Waals surface area contributed by atoms with Crippen molar-refractivity contribution in [1.82, 2.24) is 21.3 Å². The maximum absolute atomic E-state index is 12.2. The molecule has 29 heavy (non-hydrogen) atoms. The van der Waals surface area contributed by atoms with E-state index in [-0.39, 0.29) is 37.2 Å². The van der Waals surface area contributed by atoms with Crippen molar-refractivity contribution in [2.75, 3.05) is 38.8 Å². The lowest BCUT2D eigenvalue weighted by Gasteiger charge is -2.19. The molecule has 0 fully saturated rings. The van der Waals surface area contributed by atoms with Gasteiger partial charge in [0, 0.05) is 11.6 Å². The molecule has 0 bridgehead atoms. The molecule has 0 rings (SSSR count). The SMILES string of the molecule is C=C.COC(=O)CNC(=O)CNC(=O)CNC(=O)[C@H](CCSC)NC(=O)C(C)C.[HH].[HH].[HH].[HH]. The first kappa shape index (κ1) is 28.6. The Bertz CT molecular complexity index is 574. The number of nitrogens with one attached hydrogen (secondary N) is 4. The zero-order chi connectivity index (χ0) is 22.8. The van der Waals surface area contributed by atoms with Gasteiger partial charge < -0.3 is 26.0 Å². The number of ether oxygens (including phenoxy) is 1. The van der Waals surface area contributed by atoms with Gasteiger partial charge in [0.1, 0.15) is 12.6 Å². The van der Waals surface area contributed by atoms with Gasteiger partial charge in [-0.3, -0.25) is 24.0 Å². The van der Waals surface area contributed by atoms with Crippen molar-refractivity contribution in [3.63, 3.8) is 0 Å². The number of carbonyl (C=O) groups is 5. The van der Waals surface area contributed by atoms with Crippen LogP contribution in [0, 0.1) is 5.92 Å². The Morgan fingerprint density at radius 3 is 1.93 bits per heavy atom. The first-order valence-corrected chi connectivity index (χ1v) is 10.3. The summed E-state index contributed by atoms with van der Waals surface area (Å²) in [6, 6.07) is -0.733. The van der Waals surface area contributed by atoms with Crippen molar-refractivity contribution in [3.05, 3.63) is 13.2 Å². The van der Waals surface area contributed by atoms with E-state index < -0.39 is 29.7 Å². The standard InChI is InChI=1S/C16H28N4O6S.C2H4.4H2/c1-10(2)15(24)20-11(5-6-27-4)16(25)19-8-13(22)17-7-12(21)18-9-14(23)26-3;1-2;;;;/h10-11H,5-9H2,1-4H3,(H,17,22)(H,18,21)(H,19,25)(H,20,24);1-2H2;4*1H/t11-;;;;;/m0...../s1. The lowest BCUT2D eigenvalue weighted by Crippen LogP contribution is -2.50. The molecule has 1 atom stereocenters. The highest BCUT2D eigenvalue weighted by molar-refractivity contribution is 7.98. The van der Waals surface area contributed by atoms with Crippen LogP contribution in [-0.4, -0.2) is 74.4 Å². The van der Waals surface area contributed by atoms with Gasteiger partial charge in [-0.2, -0.15) is 11.8 Å². The van der Waals surface area contributed by atoms with E-state index in [1.165, 1.54) is 18.9 Å². The Morgan fingerprint density at radius 2 is 1.45 bits per heavy atom. The fraction of sp³-hybridized carbons (Fsp3) is 0.611. The molecule has 174 valence electrons. The summed E-state index contributed by atoms with van der Waals surface area (Å²) >= 11 is 1.54. The van der Waals surface area contributed by atoms with E-state index in [9.17, 15) is 24.0 Å². The lowest BCUT2D eigenvalue weighted by molar-refractivity contribution is -0.141. The van der Waals surface area contributed by atoms with E-state index in [1.54, 1.807) is 13.8 Å². The number of hydrogen-bond acceptors (Lipinski definition) is 7. The van der Waals surface area contributed by atoms with E-state index in [0.29, 0.717) is 12.2 Å². The molecule has 0 aromatic rings. The summed E-state index contributed by atoms with van der Waals surface area (Å²) in [6.07, 6.45) is 2.32. The summed E-state index contributed by atoms with van der Waals surface area (Å²) in [7, 11) is 1.19. The van der Waals surface area contributed by atoms with Crippen molar-refractivity contribution in [2.45, 2.75) is 26.3 Å². The van der Waals surface area contributed by atoms with Gasteiger partial charge in [-0.1, -0.05) is 13.8 Å². The monoisotopic (exact) mass is 440 g/mol. The molecule has 0 radical (unpaired) electrons. The number of methoxy groups -OCH3 is 1. The summed E-state index contributed by atoms with van der Waals surface area (Å²) in [4.78, 5) is 58.1. The van der Waals surface area contributed by atoms with Crippen LogP contribution < -0.4 is 21.3 Å². The van der Waals surface area contributed by atoms with Crippen molar-refractivity contribution >= 4 is 41.4 Å². The van der Waals surface area contributed by atoms with Gasteiger partial charge in [0.05, 0.1) is 20.2 Å². The van der Waals surface area contributed by atoms with Crippen molar-refractivity contribution < 1.29 is 34.4 Å². The molecular formula is C18H40N4O6S. The fourth-order valence-electron chi connectivity index (χ4n) is 1.68. The predicted molar refractivity (Wildman–Crippen MR) is 121 cm³/mol. The Balaban J connectivity index is -0.000000295. The van der Waals surface area contributed by atoms with Crippen molar-refractivity contribution in [2.24, 2.45) is 5.92 Å². The third-order valence-electron chi connectivity index (χ3n) is 3.29. The molecule has 11 heteroatoms. The maximum Gasteiger partial charge on any atom is 0.325 e. The molecule has 0 saturated carbocycles. The molecule has 0 saturated heterocycles. The normalized spacial score (nSPS) is 10.7. The molecule has 0 aromatic carbocycles. The maximum atomic E-state index is 12.2. The lowest BCUT2D eigenvalue weighted by atomic mass is 10.1. The second-order valence-corrected chi connectivity index (χ2v) is 6.83. The van der Waals surface area contributed by atoms with E-state index in [1.807, 2.05) is 6.26 Å². The highest BCUT2D eigenvalue weighted by Gasteiger charge is 2.22. The number of thioether (sulfide) groups is 1. The molecule has 0 unspecified atom stereocenters. The second kappa shape index (κ2) is 17.5. The van der Waals surface area contributed by atoms with Gasteiger partial charge in [0.2, 0.25) is 23.6 Å². The van der Waals surface area contributed by atoms with Crippen LogP contribution in [-0.2, 0) is 28.7 Å². The summed E-state index contributed by atoms with van der Waals surface area (Å²) in [5, 5.41) is 9.67. The van der Waals surface area contributed by atoms with E-state index in [2.05, 4.69) is 39.2 Å². The molecule has 0 spiro atoms. The third-order valence-corrected chi connectivity index (χ3v) is 3.94. The Kier molecular flexibility index (Phi) is 17.3. The second-order valence-electron chi connectivity index (χ2n) is 5.84. The zero-order valence-corrected chi connectivity index (χ0v) is 18.3. The number of amides is 4. The number of rotatable bonds is 12. The summed E-state index contributed by atoms with van der Waals surface area (Å²) < 4.78 is 4.36. The average molecular weight is 441 g/mol. The van der Waals surface area contributed by atoms with Crippen LogP contribution in [0.25, 0.3) is 0 Å². The minimum atomic E-state index is -0.733. The zero-order valence-electron chi connectivity index (χ0n) is 17.5. The minimum absolute atomic E-state index is 0. The minimum Gasteiger partial charge on any atom is -0.468 e. The molecule has 0 aliphatic heterocycles. The fourth-order valence-corrected chi connectivity index (χ4v) is 2.15. The van der Waals surface area contributed by atoms with Crippen molar-refractivity contribution in [3.8, 4) is 0 Å². The molecule has 4 N–H and O–H groups in total. The van der Waals surface area contributed by atoms with Crippen LogP contribution >= 0.6 is 11.8 Å². The van der Waals surface area contributed by atoms with Crippen LogP contribution in [0.1, 0.15) is 26.0 Å². The predicted octanol–water partition coefficient (Wildman–Crippen LogP) is 0.188. The van der Waals surface area contributed by atoms with Crippen LogP contribution in [0.4, 0.5) is 0 Å². The highest BCUT2D eigenvalue weighted by Crippen LogP contribution is 2.03. The highest BCUT2D eigenvalue weighted by atomic mass is 32.2. The van der Waals surface area contributed by atoms with Crippen LogP contribution in [0.2, 0.25) is 0 Å². The summed E-state index contributed by atoms with van der Waals surface area (Å²) in [6.45, 7) is 8.46. The molecule has 0 heterocycles. The van der Waals surface area contributed by atoms with Crippen molar-refractivity contribution in [1.29, 1.82) is 0 Å². The third kappa shape index (κ3) is 15.1. The Hall–Kier alpha value is -2.56. The Labute approximate surface area is 181 Å². The molecule has 0 aromatic heterocycles. The van der Waals surface area contributed by atoms with E-state index in [4.69, 9.17) is 0 Å². The topological polar surface area (TPSA) is 143 Å². The van der Waals surface area contributed by atoms with Crippen LogP contribution in [0.15, 0.2) is 13.2 Å². The number of hydrogen-bond donors (Lipinski definition) is 4.